The summed E-state index contributed by atoms with van der Waals surface area (Å²) in [5, 5.41) is 35.0. The van der Waals surface area contributed by atoms with Crippen molar-refractivity contribution in [2.45, 2.75) is 30.8 Å². The number of amides is 2. The number of H-pyrrole nitrogens is 1. The average Bonchev–Trinajstić information content (AvgIpc) is 3.50. The van der Waals surface area contributed by atoms with E-state index in [-0.39, 0.29) is 17.5 Å². The molecule has 8 nitrogen and oxygen atoms in total. The highest BCUT2D eigenvalue weighted by atomic mass is 19.1. The van der Waals surface area contributed by atoms with Gasteiger partial charge in [0.05, 0.1) is 34.3 Å². The minimum Gasteiger partial charge on any atom is -0.390 e. The van der Waals surface area contributed by atoms with Crippen molar-refractivity contribution in [3.05, 3.63) is 59.2 Å². The molecule has 3 aromatic carbocycles. The zero-order chi connectivity index (χ0) is 24.3. The van der Waals surface area contributed by atoms with Gasteiger partial charge in [0.15, 0.2) is 0 Å². The molecular formula is C25H17F2N3O5. The summed E-state index contributed by atoms with van der Waals surface area (Å²) < 4.78 is 30.4. The molecule has 4 atom stereocenters. The first kappa shape index (κ1) is 20.5. The first-order chi connectivity index (χ1) is 16.8. The number of benzene rings is 3. The van der Waals surface area contributed by atoms with Gasteiger partial charge in [-0.15, -0.1) is 0 Å². The molecule has 2 amide bonds. The van der Waals surface area contributed by atoms with Gasteiger partial charge in [-0.3, -0.25) is 14.9 Å². The minimum absolute atomic E-state index is 0.00283. The lowest BCUT2D eigenvalue weighted by atomic mass is 9.96. The Morgan fingerprint density at radius 1 is 0.857 bits per heavy atom. The second-order valence-electron chi connectivity index (χ2n) is 9.20. The summed E-state index contributed by atoms with van der Waals surface area (Å²) in [5.41, 5.74) is 1.82. The topological polar surface area (TPSA) is 128 Å². The molecule has 1 aliphatic carbocycles. The van der Waals surface area contributed by atoms with E-state index < -0.39 is 47.8 Å². The fourth-order valence-corrected chi connectivity index (χ4v) is 5.90. The standard InChI is InChI=1S/C25H17F2N3O5/c26-8-1-3-12-10(5-8)16-18-19(25(35)29-24(18)34)17-11-6-9(27)2-4-13(11)30(21(17)20(16)28-12)14-7-15(31)23(33)22(14)32/h1-6,14-15,22-23,28,31-33H,7H2,(H,29,34,35)/t14?,15-,22-,23+/m0/s1. The lowest BCUT2D eigenvalue weighted by Gasteiger charge is -2.21. The molecule has 1 saturated carbocycles. The number of hydrogen-bond acceptors (Lipinski definition) is 5. The predicted octanol–water partition coefficient (Wildman–Crippen LogP) is 2.62. The number of fused-ring (bicyclic) bond motifs is 10. The quantitative estimate of drug-likeness (QED) is 0.237. The second-order valence-corrected chi connectivity index (χ2v) is 9.20. The van der Waals surface area contributed by atoms with Crippen molar-refractivity contribution < 1.29 is 33.7 Å². The molecule has 2 aliphatic rings. The highest BCUT2D eigenvalue weighted by molar-refractivity contribution is 6.39. The molecular weight excluding hydrogens is 460 g/mol. The van der Waals surface area contributed by atoms with E-state index in [2.05, 4.69) is 10.3 Å². The van der Waals surface area contributed by atoms with E-state index in [1.165, 1.54) is 36.4 Å². The van der Waals surface area contributed by atoms with E-state index in [0.29, 0.717) is 43.6 Å². The first-order valence-corrected chi connectivity index (χ1v) is 11.1. The fraction of sp³-hybridized carbons (Fsp3) is 0.200. The third kappa shape index (κ3) is 2.48. The van der Waals surface area contributed by atoms with Crippen LogP contribution in [0, 0.1) is 11.6 Å². The molecule has 0 radical (unpaired) electrons. The normalized spacial score (nSPS) is 24.4. The summed E-state index contributed by atoms with van der Waals surface area (Å²) in [4.78, 5) is 29.2. The zero-order valence-electron chi connectivity index (χ0n) is 17.8. The molecule has 1 aliphatic heterocycles. The highest BCUT2D eigenvalue weighted by Gasteiger charge is 2.44. The maximum Gasteiger partial charge on any atom is 0.259 e. The van der Waals surface area contributed by atoms with E-state index in [1.54, 1.807) is 4.57 Å². The van der Waals surface area contributed by atoms with Crippen LogP contribution in [0.1, 0.15) is 33.2 Å². The van der Waals surface area contributed by atoms with E-state index in [0.717, 1.165) is 0 Å². The summed E-state index contributed by atoms with van der Waals surface area (Å²) in [5.74, 6) is -2.41. The molecule has 2 aromatic heterocycles. The van der Waals surface area contributed by atoms with Crippen molar-refractivity contribution >= 4 is 55.4 Å². The summed E-state index contributed by atoms with van der Waals surface area (Å²) in [6.07, 6.45) is -3.96. The fourth-order valence-electron chi connectivity index (χ4n) is 5.90. The van der Waals surface area contributed by atoms with Gasteiger partial charge in [0.25, 0.3) is 11.8 Å². The third-order valence-corrected chi connectivity index (χ3v) is 7.35. The van der Waals surface area contributed by atoms with Crippen molar-refractivity contribution in [1.29, 1.82) is 0 Å². The number of carbonyl (C=O) groups excluding carboxylic acids is 2. The van der Waals surface area contributed by atoms with Crippen LogP contribution < -0.4 is 5.32 Å². The molecule has 5 aromatic rings. The molecule has 5 N–H and O–H groups in total. The number of aromatic amines is 1. The number of nitrogens with one attached hydrogen (secondary N) is 2. The van der Waals surface area contributed by atoms with Crippen LogP contribution >= 0.6 is 0 Å². The Balaban J connectivity index is 1.78. The van der Waals surface area contributed by atoms with E-state index in [1.807, 2.05) is 0 Å². The van der Waals surface area contributed by atoms with Crippen LogP contribution in [-0.4, -0.2) is 55.0 Å². The van der Waals surface area contributed by atoms with Crippen molar-refractivity contribution in [3.63, 3.8) is 0 Å². The predicted molar refractivity (Wildman–Crippen MR) is 122 cm³/mol. The number of hydrogen-bond donors (Lipinski definition) is 5. The molecule has 1 unspecified atom stereocenters. The van der Waals surface area contributed by atoms with Crippen molar-refractivity contribution in [2.24, 2.45) is 0 Å². The molecule has 10 heteroatoms. The average molecular weight is 477 g/mol. The van der Waals surface area contributed by atoms with Gasteiger partial charge in [-0.2, -0.15) is 0 Å². The minimum atomic E-state index is -1.40. The molecule has 0 spiro atoms. The van der Waals surface area contributed by atoms with Gasteiger partial charge in [0, 0.05) is 32.6 Å². The molecule has 7 rings (SSSR count). The Labute approximate surface area is 194 Å². The number of aliphatic hydroxyl groups is 3. The van der Waals surface area contributed by atoms with Gasteiger partial charge in [-0.1, -0.05) is 0 Å². The van der Waals surface area contributed by atoms with E-state index in [9.17, 15) is 33.7 Å². The Kier molecular flexibility index (Phi) is 3.88. The van der Waals surface area contributed by atoms with Crippen LogP contribution in [0.25, 0.3) is 43.6 Å². The number of nitrogens with zero attached hydrogens (tertiary/aromatic N) is 1. The summed E-state index contributed by atoms with van der Waals surface area (Å²) in [6, 6.07) is 7.18. The number of carbonyl (C=O) groups is 2. The maximum atomic E-state index is 14.4. The molecule has 1 fully saturated rings. The largest absolute Gasteiger partial charge is 0.390 e. The summed E-state index contributed by atoms with van der Waals surface area (Å²) in [7, 11) is 0. The maximum absolute atomic E-state index is 14.4. The second kappa shape index (κ2) is 6.63. The Morgan fingerprint density at radius 2 is 1.51 bits per heavy atom. The summed E-state index contributed by atoms with van der Waals surface area (Å²) >= 11 is 0. The van der Waals surface area contributed by atoms with Gasteiger partial charge < -0.3 is 24.9 Å². The Bertz CT molecular complexity index is 1790. The molecule has 35 heavy (non-hydrogen) atoms. The van der Waals surface area contributed by atoms with Crippen molar-refractivity contribution in [3.8, 4) is 0 Å². The van der Waals surface area contributed by atoms with E-state index in [4.69, 9.17) is 0 Å². The molecule has 0 bridgehead atoms. The van der Waals surface area contributed by atoms with Crippen LogP contribution in [0.3, 0.4) is 0 Å². The van der Waals surface area contributed by atoms with Gasteiger partial charge in [-0.05, 0) is 42.8 Å². The lowest BCUT2D eigenvalue weighted by Crippen LogP contribution is -2.31. The van der Waals surface area contributed by atoms with Crippen molar-refractivity contribution in [2.75, 3.05) is 0 Å². The van der Waals surface area contributed by atoms with Gasteiger partial charge in [0.1, 0.15) is 23.8 Å². The van der Waals surface area contributed by atoms with E-state index >= 15 is 0 Å². The zero-order valence-corrected chi connectivity index (χ0v) is 17.8. The SMILES string of the molecule is O=C1NC(=O)c2c1c1c3cc(F)ccc3[nH]c1c1c2c2cc(F)ccc2n1C1C[C@H](O)[C@@H](O)[C@H]1O. The third-order valence-electron chi connectivity index (χ3n) is 7.35. The number of imide groups is 1. The molecule has 0 saturated heterocycles. The Hall–Kier alpha value is -3.86. The highest BCUT2D eigenvalue weighted by Crippen LogP contribution is 2.46. The smallest absolute Gasteiger partial charge is 0.259 e. The van der Waals surface area contributed by atoms with Crippen LogP contribution in [0.2, 0.25) is 0 Å². The molecule has 3 heterocycles. The van der Waals surface area contributed by atoms with Crippen LogP contribution in [0.4, 0.5) is 8.78 Å². The van der Waals surface area contributed by atoms with Crippen LogP contribution in [0.5, 0.6) is 0 Å². The van der Waals surface area contributed by atoms with Crippen molar-refractivity contribution in [1.82, 2.24) is 14.9 Å². The number of rotatable bonds is 1. The Morgan fingerprint density at radius 3 is 2.20 bits per heavy atom. The first-order valence-electron chi connectivity index (χ1n) is 11.1. The van der Waals surface area contributed by atoms with Gasteiger partial charge in [-0.25, -0.2) is 8.78 Å². The molecule has 176 valence electrons. The monoisotopic (exact) mass is 477 g/mol. The summed E-state index contributed by atoms with van der Waals surface area (Å²) in [6.45, 7) is 0. The number of aliphatic hydroxyl groups excluding tert-OH is 3. The number of aromatic nitrogens is 2. The van der Waals surface area contributed by atoms with Gasteiger partial charge in [0.2, 0.25) is 0 Å². The van der Waals surface area contributed by atoms with Crippen LogP contribution in [-0.2, 0) is 0 Å². The lowest BCUT2D eigenvalue weighted by molar-refractivity contribution is -0.0241. The van der Waals surface area contributed by atoms with Gasteiger partial charge >= 0.3 is 0 Å². The van der Waals surface area contributed by atoms with Crippen LogP contribution in [0.15, 0.2) is 36.4 Å². The number of halogens is 2.